The molecule has 1 atom stereocenters. The van der Waals surface area contributed by atoms with Gasteiger partial charge in [-0.3, -0.25) is 0 Å². The lowest BCUT2D eigenvalue weighted by molar-refractivity contribution is -0.0480. The summed E-state index contributed by atoms with van der Waals surface area (Å²) in [5.74, 6) is 0. The van der Waals surface area contributed by atoms with Gasteiger partial charge in [-0.15, -0.1) is 0 Å². The van der Waals surface area contributed by atoms with Gasteiger partial charge in [0.25, 0.3) is 0 Å². The minimum Gasteiger partial charge on any atom is -0.373 e. The maximum Gasteiger partial charge on any atom is 0.157 e. The largest absolute Gasteiger partial charge is 0.373 e. The monoisotopic (exact) mass is 186 g/mol. The van der Waals surface area contributed by atoms with Gasteiger partial charge in [0.1, 0.15) is 0 Å². The Bertz CT molecular complexity index is 139. The SMILES string of the molecule is C(CCC1CO1)CCC1OCCO1. The Hall–Kier alpha value is -0.120. The minimum atomic E-state index is 0.0946. The van der Waals surface area contributed by atoms with E-state index in [2.05, 4.69) is 0 Å². The quantitative estimate of drug-likeness (QED) is 0.467. The van der Waals surface area contributed by atoms with Crippen LogP contribution < -0.4 is 0 Å². The highest BCUT2D eigenvalue weighted by Gasteiger charge is 2.21. The molecule has 0 bridgehead atoms. The zero-order chi connectivity index (χ0) is 8.93. The van der Waals surface area contributed by atoms with Gasteiger partial charge in [-0.1, -0.05) is 12.8 Å². The van der Waals surface area contributed by atoms with Gasteiger partial charge in [-0.25, -0.2) is 0 Å². The van der Waals surface area contributed by atoms with E-state index in [4.69, 9.17) is 14.2 Å². The van der Waals surface area contributed by atoms with Crippen molar-refractivity contribution in [2.75, 3.05) is 19.8 Å². The van der Waals surface area contributed by atoms with E-state index < -0.39 is 0 Å². The second kappa shape index (κ2) is 4.94. The van der Waals surface area contributed by atoms with E-state index in [1.54, 1.807) is 0 Å². The molecule has 0 amide bonds. The van der Waals surface area contributed by atoms with Crippen molar-refractivity contribution in [3.63, 3.8) is 0 Å². The highest BCUT2D eigenvalue weighted by Crippen LogP contribution is 2.18. The van der Waals surface area contributed by atoms with Crippen molar-refractivity contribution in [3.05, 3.63) is 0 Å². The van der Waals surface area contributed by atoms with Crippen LogP contribution in [0.15, 0.2) is 0 Å². The Morgan fingerprint density at radius 3 is 2.23 bits per heavy atom. The first kappa shape index (κ1) is 9.44. The molecule has 0 radical (unpaired) electrons. The first-order valence-corrected chi connectivity index (χ1v) is 5.30. The predicted octanol–water partition coefficient (Wildman–Crippen LogP) is 1.71. The Morgan fingerprint density at radius 1 is 0.846 bits per heavy atom. The molecule has 76 valence electrons. The number of epoxide rings is 1. The van der Waals surface area contributed by atoms with Crippen molar-refractivity contribution in [3.8, 4) is 0 Å². The van der Waals surface area contributed by atoms with E-state index in [1.165, 1.54) is 25.7 Å². The van der Waals surface area contributed by atoms with Crippen LogP contribution in [0.3, 0.4) is 0 Å². The normalized spacial score (nSPS) is 28.2. The van der Waals surface area contributed by atoms with E-state index in [0.29, 0.717) is 6.10 Å². The second-order valence-electron chi connectivity index (χ2n) is 3.76. The van der Waals surface area contributed by atoms with Crippen molar-refractivity contribution in [1.82, 2.24) is 0 Å². The Kier molecular flexibility index (Phi) is 3.58. The number of ether oxygens (including phenoxy) is 3. The summed E-state index contributed by atoms with van der Waals surface area (Å²) in [6.45, 7) is 2.55. The van der Waals surface area contributed by atoms with Crippen molar-refractivity contribution < 1.29 is 14.2 Å². The molecule has 0 aromatic rings. The van der Waals surface area contributed by atoms with Gasteiger partial charge in [0.15, 0.2) is 6.29 Å². The maximum atomic E-state index is 5.35. The van der Waals surface area contributed by atoms with Gasteiger partial charge in [-0.2, -0.15) is 0 Å². The van der Waals surface area contributed by atoms with Gasteiger partial charge in [0.05, 0.1) is 25.9 Å². The Morgan fingerprint density at radius 2 is 1.54 bits per heavy atom. The molecule has 2 heterocycles. The van der Waals surface area contributed by atoms with Crippen LogP contribution in [0.4, 0.5) is 0 Å². The van der Waals surface area contributed by atoms with Gasteiger partial charge in [0, 0.05) is 0 Å². The van der Waals surface area contributed by atoms with Crippen LogP contribution in [0.2, 0.25) is 0 Å². The summed E-state index contributed by atoms with van der Waals surface area (Å²) < 4.78 is 15.8. The van der Waals surface area contributed by atoms with Crippen LogP contribution in [0, 0.1) is 0 Å². The molecule has 2 aliphatic rings. The van der Waals surface area contributed by atoms with Crippen LogP contribution in [-0.2, 0) is 14.2 Å². The lowest BCUT2D eigenvalue weighted by atomic mass is 10.1. The van der Waals surface area contributed by atoms with E-state index in [9.17, 15) is 0 Å². The van der Waals surface area contributed by atoms with Gasteiger partial charge >= 0.3 is 0 Å². The lowest BCUT2D eigenvalue weighted by Gasteiger charge is -2.07. The summed E-state index contributed by atoms with van der Waals surface area (Å²) in [6, 6.07) is 0. The van der Waals surface area contributed by atoms with E-state index in [1.807, 2.05) is 0 Å². The van der Waals surface area contributed by atoms with Gasteiger partial charge < -0.3 is 14.2 Å². The summed E-state index contributed by atoms with van der Waals surface area (Å²) in [5.41, 5.74) is 0. The number of hydrogen-bond donors (Lipinski definition) is 0. The molecule has 2 saturated heterocycles. The highest BCUT2D eigenvalue weighted by molar-refractivity contribution is 4.68. The molecule has 0 aromatic heterocycles. The molecular formula is C10H18O3. The maximum absolute atomic E-state index is 5.35. The van der Waals surface area contributed by atoms with Crippen LogP contribution in [0.1, 0.15) is 32.1 Å². The van der Waals surface area contributed by atoms with Gasteiger partial charge in [0.2, 0.25) is 0 Å². The predicted molar refractivity (Wildman–Crippen MR) is 48.5 cm³/mol. The third-order valence-corrected chi connectivity index (χ3v) is 2.56. The molecular weight excluding hydrogens is 168 g/mol. The molecule has 3 nitrogen and oxygen atoms in total. The fourth-order valence-electron chi connectivity index (χ4n) is 1.67. The minimum absolute atomic E-state index is 0.0946. The van der Waals surface area contributed by atoms with E-state index in [0.717, 1.165) is 26.2 Å². The highest BCUT2D eigenvalue weighted by atomic mass is 16.7. The number of unbranched alkanes of at least 4 members (excludes halogenated alkanes) is 2. The molecule has 0 spiro atoms. The topological polar surface area (TPSA) is 31.0 Å². The van der Waals surface area contributed by atoms with Crippen molar-refractivity contribution >= 4 is 0 Å². The van der Waals surface area contributed by atoms with Crippen molar-refractivity contribution in [2.24, 2.45) is 0 Å². The standard InChI is InChI=1S/C10H18O3/c1(2-4-9-8-13-9)3-5-10-11-6-7-12-10/h9-10H,1-8H2. The number of hydrogen-bond acceptors (Lipinski definition) is 3. The average molecular weight is 186 g/mol. The first-order chi connectivity index (χ1) is 6.45. The fraction of sp³-hybridized carbons (Fsp3) is 1.00. The lowest BCUT2D eigenvalue weighted by Crippen LogP contribution is -2.06. The zero-order valence-corrected chi connectivity index (χ0v) is 8.04. The zero-order valence-electron chi connectivity index (χ0n) is 8.04. The summed E-state index contributed by atoms with van der Waals surface area (Å²) in [5, 5.41) is 0. The van der Waals surface area contributed by atoms with Gasteiger partial charge in [-0.05, 0) is 19.3 Å². The summed E-state index contributed by atoms with van der Waals surface area (Å²) >= 11 is 0. The van der Waals surface area contributed by atoms with Crippen molar-refractivity contribution in [2.45, 2.75) is 44.5 Å². The summed E-state index contributed by atoms with van der Waals surface area (Å²) in [4.78, 5) is 0. The second-order valence-corrected chi connectivity index (χ2v) is 3.76. The molecule has 3 heteroatoms. The molecule has 2 rings (SSSR count). The molecule has 2 aliphatic heterocycles. The molecule has 0 N–H and O–H groups in total. The van der Waals surface area contributed by atoms with Crippen LogP contribution >= 0.6 is 0 Å². The Labute approximate surface area is 79.4 Å². The van der Waals surface area contributed by atoms with Crippen LogP contribution in [-0.4, -0.2) is 32.2 Å². The smallest absolute Gasteiger partial charge is 0.157 e. The molecule has 13 heavy (non-hydrogen) atoms. The van der Waals surface area contributed by atoms with Crippen LogP contribution in [0.25, 0.3) is 0 Å². The summed E-state index contributed by atoms with van der Waals surface area (Å²) in [6.07, 6.45) is 6.78. The molecule has 2 fully saturated rings. The molecule has 0 aliphatic carbocycles. The molecule has 0 saturated carbocycles. The van der Waals surface area contributed by atoms with E-state index >= 15 is 0 Å². The van der Waals surface area contributed by atoms with E-state index in [-0.39, 0.29) is 6.29 Å². The Balaban J connectivity index is 1.39. The average Bonchev–Trinajstić information content (AvgIpc) is 2.81. The first-order valence-electron chi connectivity index (χ1n) is 5.30. The third-order valence-electron chi connectivity index (χ3n) is 2.56. The number of rotatable bonds is 6. The van der Waals surface area contributed by atoms with Crippen LogP contribution in [0.5, 0.6) is 0 Å². The molecule has 1 unspecified atom stereocenters. The summed E-state index contributed by atoms with van der Waals surface area (Å²) in [7, 11) is 0. The van der Waals surface area contributed by atoms with Crippen molar-refractivity contribution in [1.29, 1.82) is 0 Å². The fourth-order valence-corrected chi connectivity index (χ4v) is 1.67. The molecule has 0 aromatic carbocycles. The third kappa shape index (κ3) is 3.63.